The van der Waals surface area contributed by atoms with Gasteiger partial charge in [-0.3, -0.25) is 9.71 Å². The molecule has 8 nitrogen and oxygen atoms in total. The summed E-state index contributed by atoms with van der Waals surface area (Å²) >= 11 is 2.85. The molecule has 0 aliphatic carbocycles. The smallest absolute Gasteiger partial charge is 0.371 e. The monoisotopic (exact) mass is 347 g/mol. The average molecular weight is 348 g/mol. The van der Waals surface area contributed by atoms with Crippen molar-refractivity contribution in [3.8, 4) is 0 Å². The quantitative estimate of drug-likeness (QED) is 0.854. The minimum atomic E-state index is -4.01. The molecule has 2 N–H and O–H groups in total. The van der Waals surface area contributed by atoms with Crippen LogP contribution in [0.2, 0.25) is 0 Å². The van der Waals surface area contributed by atoms with Gasteiger partial charge in [-0.1, -0.05) is 0 Å². The minimum absolute atomic E-state index is 0.00692. The van der Waals surface area contributed by atoms with E-state index in [0.29, 0.717) is 0 Å². The summed E-state index contributed by atoms with van der Waals surface area (Å²) in [5.74, 6) is -1.86. The second-order valence-corrected chi connectivity index (χ2v) is 5.62. The Kier molecular flexibility index (Phi) is 3.53. The highest BCUT2D eigenvalue weighted by Gasteiger charge is 2.25. The van der Waals surface area contributed by atoms with Crippen molar-refractivity contribution in [1.29, 1.82) is 0 Å². The topological polar surface area (TPSA) is 122 Å². The van der Waals surface area contributed by atoms with Gasteiger partial charge in [0.05, 0.1) is 6.20 Å². The molecule has 0 unspecified atom stereocenters. The van der Waals surface area contributed by atoms with Gasteiger partial charge in [0.25, 0.3) is 10.0 Å². The highest BCUT2D eigenvalue weighted by atomic mass is 79.9. The van der Waals surface area contributed by atoms with E-state index in [1.807, 2.05) is 0 Å². The molecule has 0 spiro atoms. The van der Waals surface area contributed by atoms with Crippen molar-refractivity contribution < 1.29 is 22.7 Å². The maximum Gasteiger partial charge on any atom is 0.371 e. The fraction of sp³-hybridized carbons (Fsp3) is 0. The van der Waals surface area contributed by atoms with E-state index in [1.165, 1.54) is 18.6 Å². The van der Waals surface area contributed by atoms with E-state index in [9.17, 15) is 13.2 Å². The van der Waals surface area contributed by atoms with Gasteiger partial charge in [-0.15, -0.1) is 0 Å². The van der Waals surface area contributed by atoms with Gasteiger partial charge in [0, 0.05) is 18.5 Å². The summed E-state index contributed by atoms with van der Waals surface area (Å²) in [5, 5.41) is 8.73. The fourth-order valence-corrected chi connectivity index (χ4v) is 3.12. The van der Waals surface area contributed by atoms with E-state index >= 15 is 0 Å². The molecular weight excluding hydrogens is 342 g/mol. The summed E-state index contributed by atoms with van der Waals surface area (Å²) in [4.78, 5) is 17.8. The molecule has 100 valence electrons. The van der Waals surface area contributed by atoms with Gasteiger partial charge in [-0.2, -0.15) is 0 Å². The molecule has 0 fully saturated rings. The van der Waals surface area contributed by atoms with E-state index in [2.05, 4.69) is 30.6 Å². The lowest BCUT2D eigenvalue weighted by atomic mass is 10.5. The molecule has 0 aliphatic rings. The van der Waals surface area contributed by atoms with Crippen LogP contribution in [0.5, 0.6) is 0 Å². The lowest BCUT2D eigenvalue weighted by Gasteiger charge is -2.04. The normalized spacial score (nSPS) is 11.2. The molecule has 2 heterocycles. The highest BCUT2D eigenvalue weighted by Crippen LogP contribution is 2.27. The van der Waals surface area contributed by atoms with Gasteiger partial charge in [0.2, 0.25) is 5.76 Å². The number of sulfonamides is 1. The molecule has 19 heavy (non-hydrogen) atoms. The van der Waals surface area contributed by atoms with E-state index in [-0.39, 0.29) is 15.4 Å². The summed E-state index contributed by atoms with van der Waals surface area (Å²) < 4.78 is 30.7. The summed E-state index contributed by atoms with van der Waals surface area (Å²) in [7, 11) is -4.01. The lowest BCUT2D eigenvalue weighted by molar-refractivity contribution is 0.0661. The van der Waals surface area contributed by atoms with Gasteiger partial charge in [-0.05, 0) is 15.9 Å². The first-order valence-electron chi connectivity index (χ1n) is 4.71. The van der Waals surface area contributed by atoms with Gasteiger partial charge >= 0.3 is 5.97 Å². The second kappa shape index (κ2) is 4.97. The van der Waals surface area contributed by atoms with E-state index in [0.717, 1.165) is 6.07 Å². The predicted octanol–water partition coefficient (Wildman–Crippen LogP) is 1.33. The molecule has 0 saturated carbocycles. The number of nitrogens with zero attached hydrogens (tertiary/aromatic N) is 2. The fourth-order valence-electron chi connectivity index (χ4n) is 1.19. The van der Waals surface area contributed by atoms with Crippen molar-refractivity contribution in [2.24, 2.45) is 0 Å². The molecule has 0 aromatic carbocycles. The van der Waals surface area contributed by atoms with E-state index in [1.54, 1.807) is 0 Å². The third kappa shape index (κ3) is 2.90. The second-order valence-electron chi connectivity index (χ2n) is 3.25. The Morgan fingerprint density at radius 1 is 1.42 bits per heavy atom. The highest BCUT2D eigenvalue weighted by molar-refractivity contribution is 9.10. The van der Waals surface area contributed by atoms with Crippen LogP contribution in [0.25, 0.3) is 0 Å². The number of hydrogen-bond donors (Lipinski definition) is 2. The van der Waals surface area contributed by atoms with E-state index in [4.69, 9.17) is 9.52 Å². The van der Waals surface area contributed by atoms with Crippen LogP contribution in [-0.4, -0.2) is 29.5 Å². The molecule has 0 aliphatic heterocycles. The molecular formula is C9H6BrN3O5S. The number of anilines is 1. The first-order chi connectivity index (χ1) is 8.90. The zero-order valence-corrected chi connectivity index (χ0v) is 11.5. The summed E-state index contributed by atoms with van der Waals surface area (Å²) in [5.41, 5.74) is 0. The van der Waals surface area contributed by atoms with Crippen LogP contribution in [0, 0.1) is 0 Å². The van der Waals surface area contributed by atoms with Crippen molar-refractivity contribution in [3.63, 3.8) is 0 Å². The zero-order valence-electron chi connectivity index (χ0n) is 9.07. The Labute approximate surface area is 115 Å². The Balaban J connectivity index is 2.37. The maximum atomic E-state index is 12.0. The molecule has 0 radical (unpaired) electrons. The molecule has 2 aromatic rings. The van der Waals surface area contributed by atoms with Crippen LogP contribution in [-0.2, 0) is 10.0 Å². The number of halogens is 1. The number of carboxylic acid groups (broad SMARTS) is 1. The number of hydrogen-bond acceptors (Lipinski definition) is 6. The third-order valence-corrected chi connectivity index (χ3v) is 4.17. The first kappa shape index (κ1) is 13.5. The third-order valence-electron chi connectivity index (χ3n) is 1.96. The number of carbonyl (C=O) groups is 1. The van der Waals surface area contributed by atoms with Crippen molar-refractivity contribution >= 4 is 37.7 Å². The molecule has 0 saturated heterocycles. The van der Waals surface area contributed by atoms with Crippen LogP contribution in [0.1, 0.15) is 10.6 Å². The number of furan rings is 1. The standard InChI is InChI=1S/C9H6BrN3O5S/c10-8-6(3-5(18-8)9(14)15)19(16,17)13-7-4-11-1-2-12-7/h1-4H,(H,12,13)(H,14,15). The van der Waals surface area contributed by atoms with Crippen LogP contribution >= 0.6 is 15.9 Å². The molecule has 2 rings (SSSR count). The van der Waals surface area contributed by atoms with Gasteiger partial charge in [0.1, 0.15) is 4.90 Å². The first-order valence-corrected chi connectivity index (χ1v) is 6.99. The van der Waals surface area contributed by atoms with Crippen molar-refractivity contribution in [2.75, 3.05) is 4.72 Å². The van der Waals surface area contributed by atoms with Gasteiger partial charge in [-0.25, -0.2) is 18.2 Å². The molecule has 0 bridgehead atoms. The lowest BCUT2D eigenvalue weighted by Crippen LogP contribution is -2.13. The van der Waals surface area contributed by atoms with Gasteiger partial charge in [0.15, 0.2) is 10.5 Å². The number of aromatic carboxylic acids is 1. The number of aromatic nitrogens is 2. The Morgan fingerprint density at radius 2 is 2.16 bits per heavy atom. The van der Waals surface area contributed by atoms with Crippen molar-refractivity contribution in [1.82, 2.24) is 9.97 Å². The maximum absolute atomic E-state index is 12.0. The molecule has 0 amide bonds. The van der Waals surface area contributed by atoms with Crippen LogP contribution in [0.4, 0.5) is 5.82 Å². The Morgan fingerprint density at radius 3 is 2.68 bits per heavy atom. The average Bonchev–Trinajstić information content (AvgIpc) is 2.73. The largest absolute Gasteiger partial charge is 0.475 e. The minimum Gasteiger partial charge on any atom is -0.475 e. The summed E-state index contributed by atoms with van der Waals surface area (Å²) in [6.07, 6.45) is 3.91. The van der Waals surface area contributed by atoms with Crippen LogP contribution < -0.4 is 4.72 Å². The number of nitrogens with one attached hydrogen (secondary N) is 1. The number of rotatable bonds is 4. The van der Waals surface area contributed by atoms with Crippen LogP contribution in [0.15, 0.2) is 38.6 Å². The predicted molar refractivity (Wildman–Crippen MR) is 66.2 cm³/mol. The van der Waals surface area contributed by atoms with Crippen molar-refractivity contribution in [3.05, 3.63) is 35.1 Å². The molecule has 0 atom stereocenters. The van der Waals surface area contributed by atoms with Crippen molar-refractivity contribution in [2.45, 2.75) is 4.90 Å². The van der Waals surface area contributed by atoms with Crippen LogP contribution in [0.3, 0.4) is 0 Å². The molecule has 10 heteroatoms. The molecule has 2 aromatic heterocycles. The van der Waals surface area contributed by atoms with E-state index < -0.39 is 21.8 Å². The Bertz CT molecular complexity index is 713. The number of carboxylic acids is 1. The SMILES string of the molecule is O=C(O)c1cc(S(=O)(=O)Nc2cnccn2)c(Br)o1. The summed E-state index contributed by atoms with van der Waals surface area (Å²) in [6, 6.07) is 0.894. The van der Waals surface area contributed by atoms with Gasteiger partial charge < -0.3 is 9.52 Å². The summed E-state index contributed by atoms with van der Waals surface area (Å²) in [6.45, 7) is 0. The zero-order chi connectivity index (χ0) is 14.0. The Hall–Kier alpha value is -1.94.